The van der Waals surface area contributed by atoms with E-state index >= 15 is 0 Å². The molecular weight excluding hydrogens is 404 g/mol. The molecule has 0 amide bonds. The van der Waals surface area contributed by atoms with Crippen LogP contribution in [0, 0.1) is 6.92 Å². The molecular formula is C21H20N4O4S. The van der Waals surface area contributed by atoms with Crippen molar-refractivity contribution in [2.45, 2.75) is 31.4 Å². The van der Waals surface area contributed by atoms with Gasteiger partial charge in [0.05, 0.1) is 17.9 Å². The van der Waals surface area contributed by atoms with E-state index in [-0.39, 0.29) is 6.61 Å². The first-order valence-corrected chi connectivity index (χ1v) is 10.4. The minimum atomic E-state index is 0.204. The highest BCUT2D eigenvalue weighted by molar-refractivity contribution is 7.98. The monoisotopic (exact) mass is 424 g/mol. The van der Waals surface area contributed by atoms with Crippen LogP contribution < -0.4 is 9.47 Å². The number of ether oxygens (including phenoxy) is 2. The van der Waals surface area contributed by atoms with Crippen LogP contribution in [0.5, 0.6) is 11.5 Å². The molecule has 8 nitrogen and oxygen atoms in total. The van der Waals surface area contributed by atoms with Crippen LogP contribution in [0.25, 0.3) is 11.4 Å². The van der Waals surface area contributed by atoms with E-state index in [2.05, 4.69) is 20.3 Å². The summed E-state index contributed by atoms with van der Waals surface area (Å²) in [6.45, 7) is 4.70. The third-order valence-corrected chi connectivity index (χ3v) is 4.82. The Morgan fingerprint density at radius 2 is 1.90 bits per heavy atom. The van der Waals surface area contributed by atoms with E-state index in [1.807, 2.05) is 62.4 Å². The van der Waals surface area contributed by atoms with E-state index < -0.39 is 0 Å². The highest BCUT2D eigenvalue weighted by Gasteiger charge is 2.15. The predicted molar refractivity (Wildman–Crippen MR) is 110 cm³/mol. The highest BCUT2D eigenvalue weighted by Crippen LogP contribution is 2.29. The van der Waals surface area contributed by atoms with Gasteiger partial charge in [-0.2, -0.15) is 4.98 Å². The lowest BCUT2D eigenvalue weighted by Gasteiger charge is -2.05. The zero-order valence-corrected chi connectivity index (χ0v) is 17.4. The van der Waals surface area contributed by atoms with Crippen molar-refractivity contribution in [1.29, 1.82) is 0 Å². The topological polar surface area (TPSA) is 96.3 Å². The van der Waals surface area contributed by atoms with Crippen LogP contribution in [-0.4, -0.2) is 26.9 Å². The van der Waals surface area contributed by atoms with Crippen LogP contribution in [0.4, 0.5) is 0 Å². The Bertz CT molecular complexity index is 1110. The molecule has 0 aliphatic rings. The van der Waals surface area contributed by atoms with Crippen molar-refractivity contribution in [2.75, 3.05) is 6.61 Å². The number of hydrogen-bond donors (Lipinski definition) is 0. The molecule has 154 valence electrons. The molecule has 30 heavy (non-hydrogen) atoms. The first-order chi connectivity index (χ1) is 14.7. The quantitative estimate of drug-likeness (QED) is 0.354. The summed E-state index contributed by atoms with van der Waals surface area (Å²) in [5.41, 5.74) is 1.91. The van der Waals surface area contributed by atoms with Crippen LogP contribution in [0.3, 0.4) is 0 Å². The van der Waals surface area contributed by atoms with E-state index in [9.17, 15) is 0 Å². The van der Waals surface area contributed by atoms with Gasteiger partial charge in [-0.3, -0.25) is 0 Å². The maximum atomic E-state index is 5.67. The Hall–Kier alpha value is -3.33. The Morgan fingerprint density at radius 1 is 1.00 bits per heavy atom. The van der Waals surface area contributed by atoms with Gasteiger partial charge >= 0.3 is 0 Å². The fourth-order valence-corrected chi connectivity index (χ4v) is 3.30. The second-order valence-corrected chi connectivity index (χ2v) is 7.22. The first kappa shape index (κ1) is 20.0. The minimum absolute atomic E-state index is 0.204. The molecule has 0 saturated heterocycles. The fraction of sp³-hybridized carbons (Fsp3) is 0.238. The summed E-state index contributed by atoms with van der Waals surface area (Å²) in [4.78, 5) is 4.44. The van der Waals surface area contributed by atoms with Crippen molar-refractivity contribution in [3.8, 4) is 22.9 Å². The third-order valence-electron chi connectivity index (χ3n) is 4.02. The maximum Gasteiger partial charge on any atom is 0.277 e. The van der Waals surface area contributed by atoms with E-state index in [4.69, 9.17) is 18.4 Å². The second kappa shape index (κ2) is 9.45. The van der Waals surface area contributed by atoms with E-state index in [1.165, 1.54) is 11.8 Å². The summed E-state index contributed by atoms with van der Waals surface area (Å²) in [6, 6.07) is 15.4. The molecule has 0 fully saturated rings. The van der Waals surface area contributed by atoms with Gasteiger partial charge in [0.1, 0.15) is 11.5 Å². The van der Waals surface area contributed by atoms with E-state index in [0.717, 1.165) is 22.6 Å². The van der Waals surface area contributed by atoms with Gasteiger partial charge in [-0.05, 0) is 43.7 Å². The smallest absolute Gasteiger partial charge is 0.277 e. The number of nitrogens with zero attached hydrogens (tertiary/aromatic N) is 4. The first-order valence-electron chi connectivity index (χ1n) is 9.40. The molecule has 9 heteroatoms. The van der Waals surface area contributed by atoms with Crippen LogP contribution in [0.15, 0.2) is 62.7 Å². The van der Waals surface area contributed by atoms with Crippen LogP contribution in [0.2, 0.25) is 0 Å². The van der Waals surface area contributed by atoms with Crippen molar-refractivity contribution in [3.63, 3.8) is 0 Å². The molecule has 2 aromatic carbocycles. The van der Waals surface area contributed by atoms with Gasteiger partial charge < -0.3 is 18.4 Å². The average molecular weight is 424 g/mol. The lowest BCUT2D eigenvalue weighted by atomic mass is 10.2. The Labute approximate surface area is 177 Å². The molecule has 0 bridgehead atoms. The molecule has 0 unspecified atom stereocenters. The standard InChI is InChI=1S/C21H20N4O4S/c1-3-26-17-10-5-4-9-16(17)20-22-19(29-25-20)13-30-21-24-23-18(28-21)12-27-15-8-6-7-14(2)11-15/h4-11H,3,12-13H2,1-2H3. The Kier molecular flexibility index (Phi) is 6.29. The summed E-state index contributed by atoms with van der Waals surface area (Å²) in [6.07, 6.45) is 0. The van der Waals surface area contributed by atoms with Gasteiger partial charge in [0.25, 0.3) is 11.1 Å². The number of aryl methyl sites for hydroxylation is 1. The number of aromatic nitrogens is 4. The van der Waals surface area contributed by atoms with Crippen molar-refractivity contribution in [3.05, 3.63) is 65.9 Å². The Balaban J connectivity index is 1.34. The van der Waals surface area contributed by atoms with E-state index in [0.29, 0.717) is 35.2 Å². The molecule has 2 aromatic heterocycles. The predicted octanol–water partition coefficient (Wildman–Crippen LogP) is 4.70. The summed E-state index contributed by atoms with van der Waals surface area (Å²) in [5, 5.41) is 12.5. The van der Waals surface area contributed by atoms with E-state index in [1.54, 1.807) is 0 Å². The van der Waals surface area contributed by atoms with Crippen molar-refractivity contribution in [2.24, 2.45) is 0 Å². The number of para-hydroxylation sites is 1. The summed E-state index contributed by atoms with van der Waals surface area (Å²) >= 11 is 1.32. The summed E-state index contributed by atoms with van der Waals surface area (Å²) in [7, 11) is 0. The molecule has 0 aliphatic carbocycles. The molecule has 0 atom stereocenters. The average Bonchev–Trinajstić information content (AvgIpc) is 3.41. The zero-order chi connectivity index (χ0) is 20.8. The minimum Gasteiger partial charge on any atom is -0.493 e. The molecule has 0 N–H and O–H groups in total. The lowest BCUT2D eigenvalue weighted by Crippen LogP contribution is -1.95. The van der Waals surface area contributed by atoms with Crippen molar-refractivity contribution in [1.82, 2.24) is 20.3 Å². The van der Waals surface area contributed by atoms with Gasteiger partial charge in [0.2, 0.25) is 11.7 Å². The molecule has 0 spiro atoms. The van der Waals surface area contributed by atoms with Crippen LogP contribution in [0.1, 0.15) is 24.3 Å². The molecule has 0 aliphatic heterocycles. The molecule has 4 rings (SSSR count). The van der Waals surface area contributed by atoms with Crippen LogP contribution in [-0.2, 0) is 12.4 Å². The van der Waals surface area contributed by atoms with Crippen molar-refractivity contribution < 1.29 is 18.4 Å². The number of rotatable bonds is 9. The molecule has 0 radical (unpaired) electrons. The lowest BCUT2D eigenvalue weighted by molar-refractivity contribution is 0.252. The summed E-state index contributed by atoms with van der Waals surface area (Å²) in [5.74, 6) is 3.22. The largest absolute Gasteiger partial charge is 0.493 e. The SMILES string of the molecule is CCOc1ccccc1-c1noc(CSc2nnc(COc3cccc(C)c3)o2)n1. The highest BCUT2D eigenvalue weighted by atomic mass is 32.2. The van der Waals surface area contributed by atoms with Crippen molar-refractivity contribution >= 4 is 11.8 Å². The van der Waals surface area contributed by atoms with Gasteiger partial charge in [0.15, 0.2) is 6.61 Å². The molecule has 2 heterocycles. The van der Waals surface area contributed by atoms with Crippen LogP contribution >= 0.6 is 11.8 Å². The van der Waals surface area contributed by atoms with Gasteiger partial charge in [-0.1, -0.05) is 41.2 Å². The normalized spacial score (nSPS) is 10.9. The number of hydrogen-bond acceptors (Lipinski definition) is 9. The summed E-state index contributed by atoms with van der Waals surface area (Å²) < 4.78 is 22.2. The third kappa shape index (κ3) is 4.98. The maximum absolute atomic E-state index is 5.67. The zero-order valence-electron chi connectivity index (χ0n) is 16.6. The Morgan fingerprint density at radius 3 is 2.77 bits per heavy atom. The fourth-order valence-electron chi connectivity index (χ4n) is 2.68. The molecule has 0 saturated carbocycles. The van der Waals surface area contributed by atoms with Gasteiger partial charge in [-0.15, -0.1) is 10.2 Å². The number of benzene rings is 2. The van der Waals surface area contributed by atoms with Gasteiger partial charge in [-0.25, -0.2) is 0 Å². The number of thioether (sulfide) groups is 1. The second-order valence-electron chi connectivity index (χ2n) is 6.30. The van der Waals surface area contributed by atoms with Gasteiger partial charge in [0, 0.05) is 0 Å². The molecule has 4 aromatic rings.